The third-order valence-electron chi connectivity index (χ3n) is 4.23. The van der Waals surface area contributed by atoms with Gasteiger partial charge in [-0.05, 0) is 55.0 Å². The molecule has 1 N–H and O–H groups in total. The first-order valence-corrected chi connectivity index (χ1v) is 8.30. The molecule has 0 fully saturated rings. The number of halogens is 1. The Morgan fingerprint density at radius 2 is 2.04 bits per heavy atom. The van der Waals surface area contributed by atoms with Crippen molar-refractivity contribution in [2.75, 3.05) is 6.61 Å². The van der Waals surface area contributed by atoms with E-state index < -0.39 is 0 Å². The summed E-state index contributed by atoms with van der Waals surface area (Å²) in [5.74, 6) is 0.315. The fraction of sp³-hybridized carbons (Fsp3) is 0.263. The van der Waals surface area contributed by atoms with E-state index in [1.165, 1.54) is 11.6 Å². The second-order valence-corrected chi connectivity index (χ2v) is 6.08. The Bertz CT molecular complexity index is 786. The Morgan fingerprint density at radius 1 is 1.21 bits per heavy atom. The maximum Gasteiger partial charge on any atom is 0.157 e. The number of hydrogen-bond acceptors (Lipinski definition) is 4. The van der Waals surface area contributed by atoms with Gasteiger partial charge in [0.15, 0.2) is 6.29 Å². The maximum atomic E-state index is 11.2. The number of hydrogen-bond donors (Lipinski definition) is 1. The summed E-state index contributed by atoms with van der Waals surface area (Å²) in [5, 5.41) is 10.2. The molecule has 0 radical (unpaired) electrons. The van der Waals surface area contributed by atoms with E-state index in [1.54, 1.807) is 18.3 Å². The van der Waals surface area contributed by atoms with Gasteiger partial charge in [0.25, 0.3) is 0 Å². The molecule has 1 aromatic carbocycles. The number of pyridine rings is 1. The summed E-state index contributed by atoms with van der Waals surface area (Å²) in [6.07, 6.45) is 6.35. The highest BCUT2D eigenvalue weighted by atomic mass is 35.5. The van der Waals surface area contributed by atoms with E-state index in [0.717, 1.165) is 36.8 Å². The van der Waals surface area contributed by atoms with Crippen LogP contribution < -0.4 is 4.74 Å². The number of benzene rings is 1. The second kappa shape index (κ2) is 7.49. The molecule has 0 saturated heterocycles. The van der Waals surface area contributed by atoms with Crippen molar-refractivity contribution < 1.29 is 14.6 Å². The van der Waals surface area contributed by atoms with E-state index in [2.05, 4.69) is 4.98 Å². The Labute approximate surface area is 145 Å². The number of nitrogens with zero attached hydrogens (tertiary/aromatic N) is 1. The molecule has 1 aromatic heterocycles. The number of carbonyl (C=O) groups is 1. The molecule has 0 amide bonds. The van der Waals surface area contributed by atoms with Crippen LogP contribution in [0.3, 0.4) is 0 Å². The number of rotatable bonds is 5. The lowest BCUT2D eigenvalue weighted by Crippen LogP contribution is -2.09. The van der Waals surface area contributed by atoms with Crippen molar-refractivity contribution in [2.24, 2.45) is 0 Å². The van der Waals surface area contributed by atoms with Crippen molar-refractivity contribution >= 4 is 23.5 Å². The van der Waals surface area contributed by atoms with Crippen LogP contribution in [-0.2, 0) is 0 Å². The zero-order chi connectivity index (χ0) is 16.9. The first-order chi connectivity index (χ1) is 11.7. The summed E-state index contributed by atoms with van der Waals surface area (Å²) < 4.78 is 5.83. The van der Waals surface area contributed by atoms with Crippen molar-refractivity contribution in [3.05, 3.63) is 58.4 Å². The van der Waals surface area contributed by atoms with Crippen LogP contribution in [0.2, 0.25) is 5.15 Å². The van der Waals surface area contributed by atoms with E-state index in [-0.39, 0.29) is 11.3 Å². The molecule has 2 aromatic rings. The molecule has 1 heterocycles. The topological polar surface area (TPSA) is 59.4 Å². The number of allylic oxidation sites excluding steroid dienone is 1. The molecule has 0 bridgehead atoms. The Hall–Kier alpha value is -2.33. The minimum Gasteiger partial charge on any atom is -0.507 e. The quantitative estimate of drug-likeness (QED) is 0.633. The predicted molar refractivity (Wildman–Crippen MR) is 93.6 cm³/mol. The number of ether oxygens (including phenoxy) is 1. The van der Waals surface area contributed by atoms with E-state index >= 15 is 0 Å². The first kappa shape index (κ1) is 16.5. The molecule has 0 saturated carbocycles. The highest BCUT2D eigenvalue weighted by molar-refractivity contribution is 6.31. The number of aldehydes is 1. The summed E-state index contributed by atoms with van der Waals surface area (Å²) >= 11 is 6.24. The number of aromatic nitrogens is 1. The lowest BCUT2D eigenvalue weighted by molar-refractivity contribution is 0.111. The first-order valence-electron chi connectivity index (χ1n) is 7.92. The van der Waals surface area contributed by atoms with Crippen LogP contribution in [0.5, 0.6) is 11.5 Å². The van der Waals surface area contributed by atoms with Crippen molar-refractivity contribution in [1.29, 1.82) is 0 Å². The molecular weight excluding hydrogens is 326 g/mol. The molecule has 3 rings (SSSR count). The van der Waals surface area contributed by atoms with Crippen LogP contribution in [-0.4, -0.2) is 23.0 Å². The number of phenols is 1. The molecule has 1 aliphatic carbocycles. The van der Waals surface area contributed by atoms with Crippen LogP contribution in [0.25, 0.3) is 5.57 Å². The van der Waals surface area contributed by atoms with Gasteiger partial charge in [0.2, 0.25) is 0 Å². The molecule has 5 heteroatoms. The van der Waals surface area contributed by atoms with Crippen LogP contribution in [0.1, 0.15) is 41.6 Å². The molecule has 0 aliphatic heterocycles. The lowest BCUT2D eigenvalue weighted by Gasteiger charge is -2.22. The molecule has 124 valence electrons. The molecule has 4 nitrogen and oxygen atoms in total. The second-order valence-electron chi connectivity index (χ2n) is 5.73. The zero-order valence-corrected chi connectivity index (χ0v) is 13.9. The molecule has 24 heavy (non-hydrogen) atoms. The summed E-state index contributed by atoms with van der Waals surface area (Å²) in [6, 6.07) is 8.66. The van der Waals surface area contributed by atoms with Gasteiger partial charge in [0.1, 0.15) is 23.3 Å². The Kier molecular flexibility index (Phi) is 5.16. The van der Waals surface area contributed by atoms with Gasteiger partial charge in [-0.15, -0.1) is 0 Å². The van der Waals surface area contributed by atoms with Gasteiger partial charge in [-0.1, -0.05) is 23.7 Å². The third-order valence-corrected chi connectivity index (χ3v) is 4.53. The number of aromatic hydroxyl groups is 1. The van der Waals surface area contributed by atoms with E-state index in [9.17, 15) is 9.90 Å². The van der Waals surface area contributed by atoms with Gasteiger partial charge in [-0.25, -0.2) is 4.98 Å². The highest BCUT2D eigenvalue weighted by Crippen LogP contribution is 2.35. The van der Waals surface area contributed by atoms with Gasteiger partial charge in [-0.2, -0.15) is 0 Å². The Balaban J connectivity index is 1.88. The fourth-order valence-electron chi connectivity index (χ4n) is 3.00. The van der Waals surface area contributed by atoms with E-state index in [0.29, 0.717) is 23.8 Å². The molecular formula is C19H18ClNO3. The summed E-state index contributed by atoms with van der Waals surface area (Å²) in [4.78, 5) is 15.3. The minimum atomic E-state index is -0.0735. The van der Waals surface area contributed by atoms with Crippen LogP contribution in [0.15, 0.2) is 42.1 Å². The number of carbonyl (C=O) groups excluding carboxylic acids is 1. The smallest absolute Gasteiger partial charge is 0.157 e. The standard InChI is InChI=1S/C19H18ClNO3/c20-19-15(7-4-10-21-19)14-6-2-1-5-13(14)12-24-18-9-3-8-17(23)16(18)11-22/h3-4,7-11,23H,1-2,5-6,12H2. The molecule has 0 unspecified atom stereocenters. The summed E-state index contributed by atoms with van der Waals surface area (Å²) in [6.45, 7) is 0.366. The monoisotopic (exact) mass is 343 g/mol. The average Bonchev–Trinajstić information content (AvgIpc) is 2.61. The molecule has 0 spiro atoms. The van der Waals surface area contributed by atoms with Crippen molar-refractivity contribution in [2.45, 2.75) is 25.7 Å². The van der Waals surface area contributed by atoms with E-state index in [4.69, 9.17) is 16.3 Å². The molecule has 1 aliphatic rings. The van der Waals surface area contributed by atoms with Crippen LogP contribution >= 0.6 is 11.6 Å². The summed E-state index contributed by atoms with van der Waals surface area (Å²) in [5.41, 5.74) is 3.46. The maximum absolute atomic E-state index is 11.2. The average molecular weight is 344 g/mol. The van der Waals surface area contributed by atoms with Crippen molar-refractivity contribution in [1.82, 2.24) is 4.98 Å². The molecule has 0 atom stereocenters. The van der Waals surface area contributed by atoms with Crippen LogP contribution in [0, 0.1) is 0 Å². The van der Waals surface area contributed by atoms with Gasteiger partial charge < -0.3 is 9.84 Å². The third kappa shape index (κ3) is 3.44. The fourth-order valence-corrected chi connectivity index (χ4v) is 3.24. The number of phenolic OH excluding ortho intramolecular Hbond substituents is 1. The predicted octanol–water partition coefficient (Wildman–Crippen LogP) is 4.66. The summed E-state index contributed by atoms with van der Waals surface area (Å²) in [7, 11) is 0. The van der Waals surface area contributed by atoms with Crippen molar-refractivity contribution in [3.63, 3.8) is 0 Å². The SMILES string of the molecule is O=Cc1c(O)cccc1OCC1=C(c2cccnc2Cl)CCCC1. The van der Waals surface area contributed by atoms with E-state index in [1.807, 2.05) is 12.1 Å². The van der Waals surface area contributed by atoms with Crippen LogP contribution in [0.4, 0.5) is 0 Å². The highest BCUT2D eigenvalue weighted by Gasteiger charge is 2.18. The van der Waals surface area contributed by atoms with Gasteiger partial charge in [-0.3, -0.25) is 4.79 Å². The zero-order valence-electron chi connectivity index (χ0n) is 13.2. The van der Waals surface area contributed by atoms with Gasteiger partial charge >= 0.3 is 0 Å². The van der Waals surface area contributed by atoms with Gasteiger partial charge in [0, 0.05) is 11.8 Å². The largest absolute Gasteiger partial charge is 0.507 e. The normalized spacial score (nSPS) is 14.5. The Morgan fingerprint density at radius 3 is 2.83 bits per heavy atom. The minimum absolute atomic E-state index is 0.0735. The van der Waals surface area contributed by atoms with Crippen molar-refractivity contribution in [3.8, 4) is 11.5 Å². The lowest BCUT2D eigenvalue weighted by atomic mass is 9.88. The van der Waals surface area contributed by atoms with Gasteiger partial charge in [0.05, 0.1) is 5.56 Å².